The molecule has 1 heterocycles. The summed E-state index contributed by atoms with van der Waals surface area (Å²) in [4.78, 5) is 38.5. The second-order valence-electron chi connectivity index (χ2n) is 8.25. The van der Waals surface area contributed by atoms with Crippen molar-refractivity contribution in [3.63, 3.8) is 0 Å². The average Bonchev–Trinajstić information content (AvgIpc) is 2.80. The van der Waals surface area contributed by atoms with Crippen LogP contribution in [0.2, 0.25) is 10.0 Å². The standard InChI is InChI=1S/C24H28Cl2N4O3/c1-15(28-24(33)19-3-2-4-20(25)21(19)26)23(32)29-18-7-5-16(6-8-18)9-12-30-13-10-17(11-14-30)22(27)31/h2-8,15,17H,9-14H2,1H3,(H2,27,31)(H,28,33)(H,29,32). The number of amides is 3. The minimum atomic E-state index is -0.768. The molecule has 0 aliphatic carbocycles. The van der Waals surface area contributed by atoms with E-state index in [2.05, 4.69) is 15.5 Å². The molecule has 0 spiro atoms. The summed E-state index contributed by atoms with van der Waals surface area (Å²) in [5.74, 6) is -1.01. The Morgan fingerprint density at radius 3 is 2.39 bits per heavy atom. The number of nitrogens with two attached hydrogens (primary N) is 1. The van der Waals surface area contributed by atoms with Crippen molar-refractivity contribution in [2.24, 2.45) is 11.7 Å². The van der Waals surface area contributed by atoms with E-state index < -0.39 is 11.9 Å². The van der Waals surface area contributed by atoms with Gasteiger partial charge in [-0.1, -0.05) is 41.4 Å². The van der Waals surface area contributed by atoms with E-state index in [4.69, 9.17) is 28.9 Å². The van der Waals surface area contributed by atoms with Gasteiger partial charge in [0.05, 0.1) is 15.6 Å². The van der Waals surface area contributed by atoms with Gasteiger partial charge in [-0.05, 0) is 69.1 Å². The van der Waals surface area contributed by atoms with E-state index in [9.17, 15) is 14.4 Å². The van der Waals surface area contributed by atoms with Crippen molar-refractivity contribution < 1.29 is 14.4 Å². The summed E-state index contributed by atoms with van der Waals surface area (Å²) in [6.45, 7) is 4.27. The van der Waals surface area contributed by atoms with Crippen LogP contribution in [-0.4, -0.2) is 48.3 Å². The highest BCUT2D eigenvalue weighted by atomic mass is 35.5. The lowest BCUT2D eigenvalue weighted by molar-refractivity contribution is -0.123. The molecule has 0 aromatic heterocycles. The maximum atomic E-state index is 12.5. The fraction of sp³-hybridized carbons (Fsp3) is 0.375. The van der Waals surface area contributed by atoms with Gasteiger partial charge >= 0.3 is 0 Å². The van der Waals surface area contributed by atoms with Crippen molar-refractivity contribution >= 4 is 46.6 Å². The van der Waals surface area contributed by atoms with E-state index >= 15 is 0 Å². The highest BCUT2D eigenvalue weighted by Gasteiger charge is 2.23. The summed E-state index contributed by atoms with van der Waals surface area (Å²) in [6.07, 6.45) is 2.51. The Kier molecular flexibility index (Phi) is 8.72. The molecule has 0 saturated carbocycles. The number of likely N-dealkylation sites (tertiary alicyclic amines) is 1. The largest absolute Gasteiger partial charge is 0.369 e. The maximum absolute atomic E-state index is 12.5. The Morgan fingerprint density at radius 2 is 1.76 bits per heavy atom. The molecular formula is C24H28Cl2N4O3. The summed E-state index contributed by atoms with van der Waals surface area (Å²) < 4.78 is 0. The number of halogens is 2. The fourth-order valence-electron chi connectivity index (χ4n) is 3.75. The molecule has 1 atom stereocenters. The predicted molar refractivity (Wildman–Crippen MR) is 131 cm³/mol. The number of nitrogens with zero attached hydrogens (tertiary/aromatic N) is 1. The molecule has 1 aliphatic heterocycles. The zero-order valence-corrected chi connectivity index (χ0v) is 20.0. The molecule has 1 saturated heterocycles. The van der Waals surface area contributed by atoms with E-state index in [1.165, 1.54) is 0 Å². The molecule has 1 aliphatic rings. The van der Waals surface area contributed by atoms with E-state index in [1.54, 1.807) is 25.1 Å². The third kappa shape index (κ3) is 6.93. The number of rotatable bonds is 8. The van der Waals surface area contributed by atoms with E-state index in [-0.39, 0.29) is 33.3 Å². The van der Waals surface area contributed by atoms with Crippen LogP contribution < -0.4 is 16.4 Å². The fourth-order valence-corrected chi connectivity index (χ4v) is 4.14. The van der Waals surface area contributed by atoms with Crippen molar-refractivity contribution in [3.05, 3.63) is 63.6 Å². The smallest absolute Gasteiger partial charge is 0.253 e. The molecule has 4 N–H and O–H groups in total. The third-order valence-corrected chi connectivity index (χ3v) is 6.68. The molecule has 0 bridgehead atoms. The molecule has 9 heteroatoms. The second-order valence-corrected chi connectivity index (χ2v) is 9.04. The first-order valence-corrected chi connectivity index (χ1v) is 11.7. The quantitative estimate of drug-likeness (QED) is 0.526. The molecule has 1 unspecified atom stereocenters. The third-order valence-electron chi connectivity index (χ3n) is 5.87. The highest BCUT2D eigenvalue weighted by Crippen LogP contribution is 2.25. The van der Waals surface area contributed by atoms with Crippen LogP contribution in [0.25, 0.3) is 0 Å². The first-order valence-electron chi connectivity index (χ1n) is 10.9. The van der Waals surface area contributed by atoms with Gasteiger partial charge < -0.3 is 21.3 Å². The van der Waals surface area contributed by atoms with Crippen molar-refractivity contribution in [2.45, 2.75) is 32.2 Å². The van der Waals surface area contributed by atoms with Crippen LogP contribution in [0.4, 0.5) is 5.69 Å². The van der Waals surface area contributed by atoms with Crippen LogP contribution >= 0.6 is 23.2 Å². The lowest BCUT2D eigenvalue weighted by Gasteiger charge is -2.30. The van der Waals surface area contributed by atoms with Crippen LogP contribution in [0.1, 0.15) is 35.7 Å². The number of hydrogen-bond donors (Lipinski definition) is 3. The van der Waals surface area contributed by atoms with Gasteiger partial charge in [0.15, 0.2) is 0 Å². The minimum Gasteiger partial charge on any atom is -0.369 e. The zero-order valence-electron chi connectivity index (χ0n) is 18.4. The van der Waals surface area contributed by atoms with Crippen LogP contribution in [0, 0.1) is 5.92 Å². The number of anilines is 1. The van der Waals surface area contributed by atoms with Crippen LogP contribution in [0.3, 0.4) is 0 Å². The van der Waals surface area contributed by atoms with Gasteiger partial charge in [0.1, 0.15) is 6.04 Å². The molecular weight excluding hydrogens is 463 g/mol. The topological polar surface area (TPSA) is 105 Å². The van der Waals surface area contributed by atoms with Gasteiger partial charge in [0.25, 0.3) is 5.91 Å². The Hall–Kier alpha value is -2.61. The molecule has 2 aromatic rings. The van der Waals surface area contributed by atoms with E-state index in [1.807, 2.05) is 24.3 Å². The zero-order chi connectivity index (χ0) is 24.0. The SMILES string of the molecule is CC(NC(=O)c1cccc(Cl)c1Cl)C(=O)Nc1ccc(CCN2CCC(C(N)=O)CC2)cc1. The van der Waals surface area contributed by atoms with E-state index in [0.29, 0.717) is 5.69 Å². The number of carbonyl (C=O) groups is 3. The normalized spacial score (nSPS) is 15.6. The minimum absolute atomic E-state index is 0.00111. The monoisotopic (exact) mass is 490 g/mol. The van der Waals surface area contributed by atoms with Crippen molar-refractivity contribution in [2.75, 3.05) is 25.0 Å². The number of hydrogen-bond acceptors (Lipinski definition) is 4. The van der Waals surface area contributed by atoms with Gasteiger partial charge in [0.2, 0.25) is 11.8 Å². The van der Waals surface area contributed by atoms with Crippen molar-refractivity contribution in [3.8, 4) is 0 Å². The summed E-state index contributed by atoms with van der Waals surface area (Å²) in [7, 11) is 0. The summed E-state index contributed by atoms with van der Waals surface area (Å²) in [5, 5.41) is 5.86. The van der Waals surface area contributed by atoms with Gasteiger partial charge in [0, 0.05) is 18.2 Å². The van der Waals surface area contributed by atoms with Gasteiger partial charge in [-0.15, -0.1) is 0 Å². The Morgan fingerprint density at radius 1 is 1.09 bits per heavy atom. The first-order chi connectivity index (χ1) is 15.7. The van der Waals surface area contributed by atoms with Crippen molar-refractivity contribution in [1.82, 2.24) is 10.2 Å². The Balaban J connectivity index is 1.46. The van der Waals surface area contributed by atoms with Crippen LogP contribution in [0.5, 0.6) is 0 Å². The van der Waals surface area contributed by atoms with E-state index in [0.717, 1.165) is 44.5 Å². The summed E-state index contributed by atoms with van der Waals surface area (Å²) in [6, 6.07) is 11.6. The molecule has 1 fully saturated rings. The first kappa shape index (κ1) is 25.0. The van der Waals surface area contributed by atoms with Gasteiger partial charge in [-0.3, -0.25) is 14.4 Å². The lowest BCUT2D eigenvalue weighted by atomic mass is 9.96. The molecule has 2 aromatic carbocycles. The summed E-state index contributed by atoms with van der Waals surface area (Å²) >= 11 is 12.0. The van der Waals surface area contributed by atoms with Gasteiger partial charge in [-0.2, -0.15) is 0 Å². The highest BCUT2D eigenvalue weighted by molar-refractivity contribution is 6.43. The van der Waals surface area contributed by atoms with Crippen LogP contribution in [-0.2, 0) is 16.0 Å². The second kappa shape index (κ2) is 11.5. The molecule has 3 amide bonds. The molecule has 0 radical (unpaired) electrons. The van der Waals surface area contributed by atoms with Crippen molar-refractivity contribution in [1.29, 1.82) is 0 Å². The predicted octanol–water partition coefficient (Wildman–Crippen LogP) is 3.49. The lowest BCUT2D eigenvalue weighted by Crippen LogP contribution is -2.41. The average molecular weight is 491 g/mol. The number of nitrogens with one attached hydrogen (secondary N) is 2. The number of carbonyl (C=O) groups excluding carboxylic acids is 3. The van der Waals surface area contributed by atoms with Crippen LogP contribution in [0.15, 0.2) is 42.5 Å². The number of primary amides is 1. The number of benzene rings is 2. The molecule has 7 nitrogen and oxygen atoms in total. The molecule has 3 rings (SSSR count). The molecule has 176 valence electrons. The summed E-state index contributed by atoms with van der Waals surface area (Å²) in [5.41, 5.74) is 7.40. The Labute approximate surface area is 203 Å². The molecule has 33 heavy (non-hydrogen) atoms. The maximum Gasteiger partial charge on any atom is 0.253 e. The van der Waals surface area contributed by atoms with Gasteiger partial charge in [-0.25, -0.2) is 0 Å². The number of piperidine rings is 1. The Bertz CT molecular complexity index is 1010.